The Balaban J connectivity index is 1.85. The lowest BCUT2D eigenvalue weighted by Gasteiger charge is -2.26. The molecule has 1 saturated heterocycles. The quantitative estimate of drug-likeness (QED) is 0.822. The van der Waals surface area contributed by atoms with Crippen molar-refractivity contribution in [2.45, 2.75) is 18.5 Å². The van der Waals surface area contributed by atoms with Crippen LogP contribution in [-0.4, -0.2) is 47.1 Å². The largest absolute Gasteiger partial charge is 0.467 e. The molecule has 0 unspecified atom stereocenters. The number of nitrogens with zero attached hydrogens (tertiary/aromatic N) is 3. The summed E-state index contributed by atoms with van der Waals surface area (Å²) < 4.78 is 5.70. The summed E-state index contributed by atoms with van der Waals surface area (Å²) in [5.41, 5.74) is 0.978. The summed E-state index contributed by atoms with van der Waals surface area (Å²) >= 11 is 5.58. The number of pyridine rings is 1. The molecule has 5 nitrogen and oxygen atoms in total. The lowest BCUT2D eigenvalue weighted by atomic mass is 10.0. The van der Waals surface area contributed by atoms with E-state index in [9.17, 15) is 0 Å². The van der Waals surface area contributed by atoms with Crippen LogP contribution in [-0.2, 0) is 0 Å². The molecule has 0 aromatic carbocycles. The normalized spacial score (nSPS) is 21.0. The molecule has 3 rings (SSSR count). The number of furan rings is 1. The van der Waals surface area contributed by atoms with Crippen molar-refractivity contribution in [1.29, 1.82) is 0 Å². The van der Waals surface area contributed by atoms with E-state index in [0.29, 0.717) is 0 Å². The standard InChI is InChI=1S/C17H22N4OS/c1-20(2)10-6-11-21-16(14-8-5-12-22-14)15(19-17(21)23)13-7-3-4-9-18-13/h3-5,7-9,12,15-16H,6,10-11H2,1-2H3,(H,19,23)/t15-,16-/m0/s1. The summed E-state index contributed by atoms with van der Waals surface area (Å²) in [5.74, 6) is 0.915. The highest BCUT2D eigenvalue weighted by Gasteiger charge is 2.40. The molecule has 1 N–H and O–H groups in total. The minimum atomic E-state index is 0.00852. The third-order valence-electron chi connectivity index (χ3n) is 4.04. The van der Waals surface area contributed by atoms with Gasteiger partial charge in [-0.05, 0) is 63.5 Å². The van der Waals surface area contributed by atoms with Crippen molar-refractivity contribution in [2.75, 3.05) is 27.2 Å². The van der Waals surface area contributed by atoms with Crippen LogP contribution in [0.4, 0.5) is 0 Å². The van der Waals surface area contributed by atoms with Crippen molar-refractivity contribution >= 4 is 17.3 Å². The Morgan fingerprint density at radius 1 is 1.30 bits per heavy atom. The second-order valence-corrected chi connectivity index (χ2v) is 6.38. The van der Waals surface area contributed by atoms with Gasteiger partial charge in [0.1, 0.15) is 11.8 Å². The molecule has 3 heterocycles. The number of hydrogen-bond donors (Lipinski definition) is 1. The molecule has 23 heavy (non-hydrogen) atoms. The van der Waals surface area contributed by atoms with Gasteiger partial charge in [-0.15, -0.1) is 0 Å². The maximum Gasteiger partial charge on any atom is 0.170 e. The van der Waals surface area contributed by atoms with E-state index in [2.05, 4.69) is 34.2 Å². The summed E-state index contributed by atoms with van der Waals surface area (Å²) in [6.07, 6.45) is 4.57. The number of rotatable bonds is 6. The molecular weight excluding hydrogens is 308 g/mol. The van der Waals surface area contributed by atoms with E-state index in [-0.39, 0.29) is 12.1 Å². The van der Waals surface area contributed by atoms with Crippen LogP contribution < -0.4 is 5.32 Å². The molecule has 2 aromatic rings. The van der Waals surface area contributed by atoms with Gasteiger partial charge in [0.15, 0.2) is 5.11 Å². The smallest absolute Gasteiger partial charge is 0.170 e. The molecule has 0 aliphatic carbocycles. The first-order chi connectivity index (χ1) is 11.2. The van der Waals surface area contributed by atoms with Gasteiger partial charge in [0.05, 0.1) is 18.0 Å². The Labute approximate surface area is 142 Å². The van der Waals surface area contributed by atoms with Crippen LogP contribution in [0.15, 0.2) is 47.2 Å². The van der Waals surface area contributed by atoms with E-state index in [1.54, 1.807) is 6.26 Å². The Morgan fingerprint density at radius 2 is 2.17 bits per heavy atom. The van der Waals surface area contributed by atoms with Gasteiger partial charge in [0, 0.05) is 12.7 Å². The zero-order valence-corrected chi connectivity index (χ0v) is 14.3. The van der Waals surface area contributed by atoms with E-state index in [1.165, 1.54) is 0 Å². The monoisotopic (exact) mass is 330 g/mol. The second kappa shape index (κ2) is 7.10. The average molecular weight is 330 g/mol. The highest BCUT2D eigenvalue weighted by atomic mass is 32.1. The van der Waals surface area contributed by atoms with Gasteiger partial charge in [0.2, 0.25) is 0 Å². The summed E-state index contributed by atoms with van der Waals surface area (Å²) in [5, 5.41) is 4.18. The Morgan fingerprint density at radius 3 is 2.83 bits per heavy atom. The topological polar surface area (TPSA) is 44.5 Å². The van der Waals surface area contributed by atoms with Crippen LogP contribution in [0.5, 0.6) is 0 Å². The van der Waals surface area contributed by atoms with E-state index in [1.807, 2.05) is 36.5 Å². The van der Waals surface area contributed by atoms with Crippen molar-refractivity contribution in [3.05, 3.63) is 54.2 Å². The predicted octanol–water partition coefficient (Wildman–Crippen LogP) is 2.60. The minimum Gasteiger partial charge on any atom is -0.467 e. The molecule has 0 radical (unpaired) electrons. The Kier molecular flexibility index (Phi) is 4.93. The fourth-order valence-corrected chi connectivity index (χ4v) is 3.30. The van der Waals surface area contributed by atoms with Crippen LogP contribution in [0.3, 0.4) is 0 Å². The van der Waals surface area contributed by atoms with Crippen molar-refractivity contribution < 1.29 is 4.42 Å². The van der Waals surface area contributed by atoms with Gasteiger partial charge in [-0.2, -0.15) is 0 Å². The number of nitrogens with one attached hydrogen (secondary N) is 1. The first-order valence-electron chi connectivity index (χ1n) is 7.83. The van der Waals surface area contributed by atoms with Crippen LogP contribution in [0.25, 0.3) is 0 Å². The lowest BCUT2D eigenvalue weighted by Crippen LogP contribution is -2.32. The third-order valence-corrected chi connectivity index (χ3v) is 4.39. The summed E-state index contributed by atoms with van der Waals surface area (Å²) in [4.78, 5) is 8.90. The van der Waals surface area contributed by atoms with Gasteiger partial charge in [-0.1, -0.05) is 6.07 Å². The summed E-state index contributed by atoms with van der Waals surface area (Å²) in [7, 11) is 4.17. The lowest BCUT2D eigenvalue weighted by molar-refractivity contribution is 0.259. The predicted molar refractivity (Wildman–Crippen MR) is 94.0 cm³/mol. The fourth-order valence-electron chi connectivity index (χ4n) is 2.97. The van der Waals surface area contributed by atoms with Gasteiger partial charge < -0.3 is 19.5 Å². The molecule has 2 atom stereocenters. The molecule has 1 aliphatic rings. The Hall–Kier alpha value is -1.92. The summed E-state index contributed by atoms with van der Waals surface area (Å²) in [6.45, 7) is 1.91. The number of hydrogen-bond acceptors (Lipinski definition) is 4. The molecule has 2 aromatic heterocycles. The molecule has 0 spiro atoms. The van der Waals surface area contributed by atoms with E-state index >= 15 is 0 Å². The Bertz CT molecular complexity index is 629. The first-order valence-corrected chi connectivity index (χ1v) is 8.24. The molecule has 0 amide bonds. The third kappa shape index (κ3) is 3.54. The van der Waals surface area contributed by atoms with E-state index in [0.717, 1.165) is 36.1 Å². The number of thiocarbonyl (C=S) groups is 1. The highest BCUT2D eigenvalue weighted by molar-refractivity contribution is 7.80. The van der Waals surface area contributed by atoms with Crippen molar-refractivity contribution in [3.63, 3.8) is 0 Å². The second-order valence-electron chi connectivity index (χ2n) is 5.99. The minimum absolute atomic E-state index is 0.00852. The van der Waals surface area contributed by atoms with Gasteiger partial charge in [-0.25, -0.2) is 0 Å². The zero-order chi connectivity index (χ0) is 16.2. The van der Waals surface area contributed by atoms with Crippen molar-refractivity contribution in [2.24, 2.45) is 0 Å². The van der Waals surface area contributed by atoms with E-state index < -0.39 is 0 Å². The first kappa shape index (κ1) is 16.0. The van der Waals surface area contributed by atoms with Gasteiger partial charge in [0.25, 0.3) is 0 Å². The van der Waals surface area contributed by atoms with Crippen LogP contribution in [0.2, 0.25) is 0 Å². The van der Waals surface area contributed by atoms with Crippen molar-refractivity contribution in [1.82, 2.24) is 20.1 Å². The average Bonchev–Trinajstić information content (AvgIpc) is 3.16. The molecule has 0 saturated carbocycles. The molecule has 0 bridgehead atoms. The number of aromatic nitrogens is 1. The SMILES string of the molecule is CN(C)CCCN1C(=S)N[C@@H](c2ccccn2)[C@@H]1c1ccco1. The molecule has 6 heteroatoms. The maximum atomic E-state index is 5.70. The van der Waals surface area contributed by atoms with Crippen molar-refractivity contribution in [3.8, 4) is 0 Å². The van der Waals surface area contributed by atoms with Crippen LogP contribution >= 0.6 is 12.2 Å². The summed E-state index contributed by atoms with van der Waals surface area (Å²) in [6, 6.07) is 9.93. The van der Waals surface area contributed by atoms with Gasteiger partial charge >= 0.3 is 0 Å². The zero-order valence-electron chi connectivity index (χ0n) is 13.5. The fraction of sp³-hybridized carbons (Fsp3) is 0.412. The van der Waals surface area contributed by atoms with Gasteiger partial charge in [-0.3, -0.25) is 4.98 Å². The molecule has 122 valence electrons. The van der Waals surface area contributed by atoms with E-state index in [4.69, 9.17) is 16.6 Å². The highest BCUT2D eigenvalue weighted by Crippen LogP contribution is 2.38. The molecule has 1 aliphatic heterocycles. The molecular formula is C17H22N4OS. The van der Waals surface area contributed by atoms with Crippen LogP contribution in [0.1, 0.15) is 30.0 Å². The maximum absolute atomic E-state index is 5.70. The molecule has 1 fully saturated rings. The van der Waals surface area contributed by atoms with Crippen LogP contribution in [0, 0.1) is 0 Å².